The Kier molecular flexibility index (Phi) is 8.44. The van der Waals surface area contributed by atoms with Gasteiger partial charge in [-0.1, -0.05) is 75.2 Å². The van der Waals surface area contributed by atoms with Crippen LogP contribution in [0.3, 0.4) is 0 Å². The van der Waals surface area contributed by atoms with Gasteiger partial charge in [0.1, 0.15) is 0 Å². The predicted octanol–water partition coefficient (Wildman–Crippen LogP) is 7.33. The van der Waals surface area contributed by atoms with Crippen molar-refractivity contribution in [3.05, 3.63) is 0 Å². The van der Waals surface area contributed by atoms with E-state index in [1.165, 1.54) is 38.5 Å². The van der Waals surface area contributed by atoms with Crippen molar-refractivity contribution < 1.29 is 0 Å². The molecular formula is C20H42. The van der Waals surface area contributed by atoms with Gasteiger partial charge in [0, 0.05) is 0 Å². The Hall–Kier alpha value is 0. The minimum absolute atomic E-state index is 0.476. The lowest BCUT2D eigenvalue weighted by molar-refractivity contribution is 0.134. The first-order valence-electron chi connectivity index (χ1n) is 8.97. The molecule has 0 aliphatic rings. The third-order valence-electron chi connectivity index (χ3n) is 4.41. The Morgan fingerprint density at radius 2 is 1.25 bits per heavy atom. The number of hydrogen-bond acceptors (Lipinski definition) is 0. The van der Waals surface area contributed by atoms with Crippen LogP contribution < -0.4 is 0 Å². The standard InChI is InChI=1S/C20H42/c1-10-11-17(4)12-18(5)14-20(8,9)15-19(6,7)13-16(2)3/h16-18H,10-15H2,1-9H3. The van der Waals surface area contributed by atoms with Crippen molar-refractivity contribution in [3.8, 4) is 0 Å². The van der Waals surface area contributed by atoms with Crippen LogP contribution in [-0.2, 0) is 0 Å². The van der Waals surface area contributed by atoms with E-state index in [1.807, 2.05) is 0 Å². The molecule has 0 amide bonds. The van der Waals surface area contributed by atoms with Crippen molar-refractivity contribution in [2.75, 3.05) is 0 Å². The Morgan fingerprint density at radius 1 is 0.750 bits per heavy atom. The van der Waals surface area contributed by atoms with Gasteiger partial charge in [-0.05, 0) is 54.3 Å². The maximum absolute atomic E-state index is 2.48. The second-order valence-corrected chi connectivity index (χ2v) is 9.54. The highest BCUT2D eigenvalue weighted by Gasteiger charge is 2.30. The summed E-state index contributed by atoms with van der Waals surface area (Å²) < 4.78 is 0. The Bertz CT molecular complexity index is 247. The van der Waals surface area contributed by atoms with Crippen molar-refractivity contribution in [3.63, 3.8) is 0 Å². The summed E-state index contributed by atoms with van der Waals surface area (Å²) in [6.07, 6.45) is 8.20. The molecule has 0 saturated heterocycles. The highest BCUT2D eigenvalue weighted by Crippen LogP contribution is 2.42. The van der Waals surface area contributed by atoms with Crippen LogP contribution in [0.5, 0.6) is 0 Å². The molecule has 0 spiro atoms. The second-order valence-electron chi connectivity index (χ2n) is 9.54. The van der Waals surface area contributed by atoms with E-state index in [4.69, 9.17) is 0 Å². The minimum Gasteiger partial charge on any atom is -0.0654 e. The normalized spacial score (nSPS) is 16.5. The summed E-state index contributed by atoms with van der Waals surface area (Å²) in [5.74, 6) is 2.57. The molecule has 20 heavy (non-hydrogen) atoms. The molecule has 0 saturated carbocycles. The summed E-state index contributed by atoms with van der Waals surface area (Å²) in [5, 5.41) is 0. The zero-order valence-corrected chi connectivity index (χ0v) is 16.0. The van der Waals surface area contributed by atoms with Crippen LogP contribution in [-0.4, -0.2) is 0 Å². The largest absolute Gasteiger partial charge is 0.0654 e. The lowest BCUT2D eigenvalue weighted by Gasteiger charge is -2.38. The average Bonchev–Trinajstić information content (AvgIpc) is 2.10. The van der Waals surface area contributed by atoms with Crippen molar-refractivity contribution in [1.82, 2.24) is 0 Å². The zero-order chi connectivity index (χ0) is 16.0. The van der Waals surface area contributed by atoms with Crippen LogP contribution in [0.15, 0.2) is 0 Å². The molecule has 0 N–H and O–H groups in total. The van der Waals surface area contributed by atoms with Crippen LogP contribution in [0.25, 0.3) is 0 Å². The van der Waals surface area contributed by atoms with E-state index in [2.05, 4.69) is 62.3 Å². The maximum Gasteiger partial charge on any atom is -0.0347 e. The molecule has 2 unspecified atom stereocenters. The summed E-state index contributed by atoms with van der Waals surface area (Å²) in [5.41, 5.74) is 0.955. The quantitative estimate of drug-likeness (QED) is 0.393. The van der Waals surface area contributed by atoms with Crippen LogP contribution in [0.2, 0.25) is 0 Å². The lowest BCUT2D eigenvalue weighted by atomic mass is 9.68. The summed E-state index contributed by atoms with van der Waals surface area (Å²) >= 11 is 0. The van der Waals surface area contributed by atoms with Crippen molar-refractivity contribution in [1.29, 1.82) is 0 Å². The Labute approximate surface area is 130 Å². The smallest absolute Gasteiger partial charge is 0.0347 e. The van der Waals surface area contributed by atoms with Crippen LogP contribution in [0.1, 0.15) is 101 Å². The van der Waals surface area contributed by atoms with E-state index in [1.54, 1.807) is 0 Å². The van der Waals surface area contributed by atoms with Gasteiger partial charge in [0.25, 0.3) is 0 Å². The van der Waals surface area contributed by atoms with E-state index in [-0.39, 0.29) is 0 Å². The van der Waals surface area contributed by atoms with E-state index < -0.39 is 0 Å². The van der Waals surface area contributed by atoms with Crippen LogP contribution in [0.4, 0.5) is 0 Å². The molecular weight excluding hydrogens is 240 g/mol. The monoisotopic (exact) mass is 282 g/mol. The third kappa shape index (κ3) is 9.83. The van der Waals surface area contributed by atoms with Gasteiger partial charge in [-0.25, -0.2) is 0 Å². The van der Waals surface area contributed by atoms with E-state index >= 15 is 0 Å². The lowest BCUT2D eigenvalue weighted by Crippen LogP contribution is -2.26. The van der Waals surface area contributed by atoms with E-state index in [0.717, 1.165) is 17.8 Å². The first kappa shape index (κ1) is 20.0. The Balaban J connectivity index is 4.35. The molecule has 0 aromatic heterocycles. The molecule has 122 valence electrons. The average molecular weight is 283 g/mol. The molecule has 0 aromatic rings. The second kappa shape index (κ2) is 8.44. The van der Waals surface area contributed by atoms with E-state index in [9.17, 15) is 0 Å². The number of rotatable bonds is 10. The van der Waals surface area contributed by atoms with Gasteiger partial charge in [-0.3, -0.25) is 0 Å². The molecule has 0 fully saturated rings. The molecule has 0 nitrogen and oxygen atoms in total. The maximum atomic E-state index is 2.48. The fourth-order valence-corrected chi connectivity index (χ4v) is 4.87. The summed E-state index contributed by atoms with van der Waals surface area (Å²) in [4.78, 5) is 0. The van der Waals surface area contributed by atoms with Gasteiger partial charge in [-0.15, -0.1) is 0 Å². The topological polar surface area (TPSA) is 0 Å². The molecule has 2 atom stereocenters. The molecule has 0 aliphatic carbocycles. The summed E-state index contributed by atoms with van der Waals surface area (Å²) in [6, 6.07) is 0. The molecule has 0 radical (unpaired) electrons. The predicted molar refractivity (Wildman–Crippen MR) is 94.1 cm³/mol. The molecule has 0 aromatic carbocycles. The van der Waals surface area contributed by atoms with Gasteiger partial charge >= 0.3 is 0 Å². The fraction of sp³-hybridized carbons (Fsp3) is 1.00. The zero-order valence-electron chi connectivity index (χ0n) is 16.0. The molecule has 0 heterocycles. The van der Waals surface area contributed by atoms with Gasteiger partial charge in [-0.2, -0.15) is 0 Å². The van der Waals surface area contributed by atoms with Gasteiger partial charge in [0.15, 0.2) is 0 Å². The van der Waals surface area contributed by atoms with Gasteiger partial charge < -0.3 is 0 Å². The number of hydrogen-bond donors (Lipinski definition) is 0. The van der Waals surface area contributed by atoms with Gasteiger partial charge in [0.2, 0.25) is 0 Å². The summed E-state index contributed by atoms with van der Waals surface area (Å²) in [7, 11) is 0. The molecule has 0 aliphatic heterocycles. The van der Waals surface area contributed by atoms with Crippen molar-refractivity contribution >= 4 is 0 Å². The fourth-order valence-electron chi connectivity index (χ4n) is 4.87. The first-order valence-corrected chi connectivity index (χ1v) is 8.97. The van der Waals surface area contributed by atoms with Crippen LogP contribution in [0, 0.1) is 28.6 Å². The molecule has 0 rings (SSSR count). The van der Waals surface area contributed by atoms with Gasteiger partial charge in [0.05, 0.1) is 0 Å². The van der Waals surface area contributed by atoms with E-state index in [0.29, 0.717) is 10.8 Å². The molecule has 0 heteroatoms. The minimum atomic E-state index is 0.476. The highest BCUT2D eigenvalue weighted by atomic mass is 14.4. The Morgan fingerprint density at radius 3 is 1.70 bits per heavy atom. The SMILES string of the molecule is CCCC(C)CC(C)CC(C)(C)CC(C)(C)CC(C)C. The first-order chi connectivity index (χ1) is 8.97. The third-order valence-corrected chi connectivity index (χ3v) is 4.41. The molecule has 0 bridgehead atoms. The van der Waals surface area contributed by atoms with Crippen LogP contribution >= 0.6 is 0 Å². The van der Waals surface area contributed by atoms with Crippen molar-refractivity contribution in [2.45, 2.75) is 101 Å². The summed E-state index contributed by atoms with van der Waals surface area (Å²) in [6.45, 7) is 21.8. The highest BCUT2D eigenvalue weighted by molar-refractivity contribution is 4.81. The van der Waals surface area contributed by atoms with Crippen molar-refractivity contribution in [2.24, 2.45) is 28.6 Å².